The van der Waals surface area contributed by atoms with Gasteiger partial charge in [-0.25, -0.2) is 0 Å². The van der Waals surface area contributed by atoms with Crippen molar-refractivity contribution < 1.29 is 28.4 Å². The van der Waals surface area contributed by atoms with Crippen molar-refractivity contribution in [1.29, 1.82) is 0 Å². The fourth-order valence-corrected chi connectivity index (χ4v) is 4.33. The third-order valence-corrected chi connectivity index (χ3v) is 6.09. The smallest absolute Gasteiger partial charge is 0.247 e. The van der Waals surface area contributed by atoms with Crippen LogP contribution in [0.2, 0.25) is 0 Å². The molecule has 10 heteroatoms. The number of nitrogens with zero attached hydrogens (tertiary/aromatic N) is 2. The molecule has 1 aliphatic carbocycles. The highest BCUT2D eigenvalue weighted by molar-refractivity contribution is 5.94. The minimum absolute atomic E-state index is 0.0671. The molecule has 1 aromatic carbocycles. The van der Waals surface area contributed by atoms with E-state index in [0.717, 1.165) is 25.7 Å². The highest BCUT2D eigenvalue weighted by Crippen LogP contribution is 2.33. The van der Waals surface area contributed by atoms with Gasteiger partial charge in [-0.2, -0.15) is 0 Å². The minimum atomic E-state index is -0.933. The van der Waals surface area contributed by atoms with Gasteiger partial charge in [0.15, 0.2) is 17.3 Å². The van der Waals surface area contributed by atoms with Crippen LogP contribution in [0.1, 0.15) is 55.9 Å². The summed E-state index contributed by atoms with van der Waals surface area (Å²) in [5, 5.41) is 9.43. The molecule has 0 aliphatic heterocycles. The van der Waals surface area contributed by atoms with Crippen LogP contribution in [0.15, 0.2) is 41.4 Å². The first-order valence-electron chi connectivity index (χ1n) is 12.0. The predicted molar refractivity (Wildman–Crippen MR) is 134 cm³/mol. The second-order valence-corrected chi connectivity index (χ2v) is 8.71. The van der Waals surface area contributed by atoms with E-state index in [1.54, 1.807) is 37.3 Å². The van der Waals surface area contributed by atoms with E-state index in [1.165, 1.54) is 19.1 Å². The third-order valence-electron chi connectivity index (χ3n) is 6.09. The van der Waals surface area contributed by atoms with E-state index in [4.69, 9.17) is 14.0 Å². The van der Waals surface area contributed by atoms with Crippen molar-refractivity contribution >= 4 is 23.5 Å². The first-order chi connectivity index (χ1) is 17.4. The van der Waals surface area contributed by atoms with Gasteiger partial charge in [-0.15, -0.1) is 6.58 Å². The summed E-state index contributed by atoms with van der Waals surface area (Å²) in [5.74, 6) is 0.777. The summed E-state index contributed by atoms with van der Waals surface area (Å²) in [6, 6.07) is 5.86. The molecule has 10 nitrogen and oxygen atoms in total. The summed E-state index contributed by atoms with van der Waals surface area (Å²) in [5.41, 5.74) is 0.570. The minimum Gasteiger partial charge on any atom is -0.493 e. The zero-order chi connectivity index (χ0) is 26.1. The third kappa shape index (κ3) is 6.87. The van der Waals surface area contributed by atoms with Crippen molar-refractivity contribution in [2.45, 2.75) is 57.5 Å². The van der Waals surface area contributed by atoms with Crippen LogP contribution in [0.5, 0.6) is 11.5 Å². The van der Waals surface area contributed by atoms with Gasteiger partial charge in [0.1, 0.15) is 11.8 Å². The number of methoxy groups -OCH3 is 2. The second-order valence-electron chi connectivity index (χ2n) is 8.71. The monoisotopic (exact) mass is 498 g/mol. The standard InChI is InChI=1S/C26H34N4O6/c1-5-14-30(24(32)13-12-23(31)28-22-15-17(2)36-29-22)25(26(33)27-19-8-6-7-9-19)18-10-11-20(34-3)21(16-18)35-4/h5,10-11,15-16,19,25H,1,6-9,12-14H2,2-4H3,(H,27,33)(H,28,29,31)/t25-/m1/s1. The molecule has 0 spiro atoms. The van der Waals surface area contributed by atoms with Crippen LogP contribution in [0.4, 0.5) is 5.82 Å². The number of nitrogens with one attached hydrogen (secondary N) is 2. The molecule has 36 heavy (non-hydrogen) atoms. The number of anilines is 1. The Morgan fingerprint density at radius 3 is 2.50 bits per heavy atom. The molecule has 1 aliphatic rings. The molecule has 1 saturated carbocycles. The SMILES string of the molecule is C=CCN(C(=O)CCC(=O)Nc1cc(C)on1)[C@@H](C(=O)NC1CCCC1)c1ccc(OC)c(OC)c1. The molecule has 0 bridgehead atoms. The van der Waals surface area contributed by atoms with E-state index in [9.17, 15) is 14.4 Å². The Bertz CT molecular complexity index is 1080. The molecule has 2 aromatic rings. The average molecular weight is 499 g/mol. The highest BCUT2D eigenvalue weighted by atomic mass is 16.5. The Morgan fingerprint density at radius 1 is 1.17 bits per heavy atom. The zero-order valence-electron chi connectivity index (χ0n) is 21.0. The van der Waals surface area contributed by atoms with Gasteiger partial charge in [-0.3, -0.25) is 14.4 Å². The normalized spacial score (nSPS) is 14.1. The zero-order valence-corrected chi connectivity index (χ0v) is 21.0. The fraction of sp³-hybridized carbons (Fsp3) is 0.462. The molecular formula is C26H34N4O6. The van der Waals surface area contributed by atoms with Crippen LogP contribution in [0.3, 0.4) is 0 Å². The molecule has 1 heterocycles. The maximum absolute atomic E-state index is 13.5. The fourth-order valence-electron chi connectivity index (χ4n) is 4.33. The molecule has 194 valence electrons. The number of hydrogen-bond donors (Lipinski definition) is 2. The van der Waals surface area contributed by atoms with Crippen LogP contribution in [-0.4, -0.2) is 54.6 Å². The van der Waals surface area contributed by atoms with Gasteiger partial charge in [0.2, 0.25) is 17.7 Å². The molecule has 0 radical (unpaired) electrons. The van der Waals surface area contributed by atoms with Gasteiger partial charge in [0.05, 0.1) is 14.2 Å². The number of carbonyl (C=O) groups excluding carboxylic acids is 3. The summed E-state index contributed by atoms with van der Waals surface area (Å²) >= 11 is 0. The van der Waals surface area contributed by atoms with Gasteiger partial charge in [0, 0.05) is 31.5 Å². The number of aryl methyl sites for hydroxylation is 1. The maximum Gasteiger partial charge on any atom is 0.247 e. The molecular weight excluding hydrogens is 464 g/mol. The van der Waals surface area contributed by atoms with Crippen molar-refractivity contribution in [3.63, 3.8) is 0 Å². The Hall–Kier alpha value is -3.82. The number of hydrogen-bond acceptors (Lipinski definition) is 7. The largest absolute Gasteiger partial charge is 0.493 e. The Morgan fingerprint density at radius 2 is 1.89 bits per heavy atom. The summed E-state index contributed by atoms with van der Waals surface area (Å²) < 4.78 is 15.7. The predicted octanol–water partition coefficient (Wildman–Crippen LogP) is 3.53. The summed E-state index contributed by atoms with van der Waals surface area (Å²) in [6.45, 7) is 5.61. The molecule has 3 rings (SSSR count). The van der Waals surface area contributed by atoms with Crippen LogP contribution in [0, 0.1) is 6.92 Å². The summed E-state index contributed by atoms with van der Waals surface area (Å²) in [4.78, 5) is 40.7. The Labute approximate surface area is 211 Å². The van der Waals surface area contributed by atoms with E-state index >= 15 is 0 Å². The quantitative estimate of drug-likeness (QED) is 0.429. The Balaban J connectivity index is 1.82. The second kappa shape index (κ2) is 12.8. The van der Waals surface area contributed by atoms with Crippen molar-refractivity contribution in [3.8, 4) is 11.5 Å². The van der Waals surface area contributed by atoms with Crippen molar-refractivity contribution in [3.05, 3.63) is 48.2 Å². The van der Waals surface area contributed by atoms with E-state index in [2.05, 4.69) is 22.4 Å². The summed E-state index contributed by atoms with van der Waals surface area (Å²) in [7, 11) is 3.04. The molecule has 2 N–H and O–H groups in total. The van der Waals surface area contributed by atoms with E-state index in [1.807, 2.05) is 0 Å². The number of benzene rings is 1. The van der Waals surface area contributed by atoms with E-state index < -0.39 is 6.04 Å². The van der Waals surface area contributed by atoms with Gasteiger partial charge < -0.3 is 29.5 Å². The number of amides is 3. The topological polar surface area (TPSA) is 123 Å². The molecule has 3 amide bonds. The average Bonchev–Trinajstić information content (AvgIpc) is 3.53. The van der Waals surface area contributed by atoms with Crippen LogP contribution >= 0.6 is 0 Å². The van der Waals surface area contributed by atoms with Crippen LogP contribution in [-0.2, 0) is 14.4 Å². The van der Waals surface area contributed by atoms with Crippen molar-refractivity contribution in [1.82, 2.24) is 15.4 Å². The highest BCUT2D eigenvalue weighted by Gasteiger charge is 2.33. The maximum atomic E-state index is 13.5. The van der Waals surface area contributed by atoms with E-state index in [-0.39, 0.29) is 49.0 Å². The van der Waals surface area contributed by atoms with Gasteiger partial charge in [-0.05, 0) is 37.5 Å². The first-order valence-corrected chi connectivity index (χ1v) is 12.0. The number of carbonyl (C=O) groups is 3. The molecule has 0 saturated heterocycles. The number of rotatable bonds is 12. The molecule has 0 unspecified atom stereocenters. The van der Waals surface area contributed by atoms with Crippen molar-refractivity contribution in [2.75, 3.05) is 26.1 Å². The Kier molecular flexibility index (Phi) is 9.49. The lowest BCUT2D eigenvalue weighted by molar-refractivity contribution is -0.141. The lowest BCUT2D eigenvalue weighted by Gasteiger charge is -2.32. The molecule has 1 aromatic heterocycles. The van der Waals surface area contributed by atoms with Gasteiger partial charge in [-0.1, -0.05) is 30.1 Å². The van der Waals surface area contributed by atoms with Crippen molar-refractivity contribution in [2.24, 2.45) is 0 Å². The van der Waals surface area contributed by atoms with Crippen LogP contribution in [0.25, 0.3) is 0 Å². The van der Waals surface area contributed by atoms with Gasteiger partial charge in [0.25, 0.3) is 0 Å². The van der Waals surface area contributed by atoms with Crippen LogP contribution < -0.4 is 20.1 Å². The lowest BCUT2D eigenvalue weighted by Crippen LogP contribution is -2.46. The lowest BCUT2D eigenvalue weighted by atomic mass is 10.0. The number of ether oxygens (including phenoxy) is 2. The molecule has 1 atom stereocenters. The summed E-state index contributed by atoms with van der Waals surface area (Å²) in [6.07, 6.45) is 5.30. The first kappa shape index (κ1) is 26.8. The molecule has 1 fully saturated rings. The van der Waals surface area contributed by atoms with E-state index in [0.29, 0.717) is 22.8 Å². The number of aromatic nitrogens is 1. The van der Waals surface area contributed by atoms with Gasteiger partial charge >= 0.3 is 0 Å².